The van der Waals surface area contributed by atoms with Crippen molar-refractivity contribution in [3.63, 3.8) is 0 Å². The van der Waals surface area contributed by atoms with Crippen LogP contribution in [0.3, 0.4) is 0 Å². The van der Waals surface area contributed by atoms with Gasteiger partial charge in [0.05, 0.1) is 17.5 Å². The van der Waals surface area contributed by atoms with Crippen molar-refractivity contribution in [1.82, 2.24) is 10.2 Å². The lowest BCUT2D eigenvalue weighted by atomic mass is 10.1. The van der Waals surface area contributed by atoms with Crippen molar-refractivity contribution >= 4 is 21.6 Å². The molecule has 0 spiro atoms. The normalized spacial score (nSPS) is 12.3. The molecule has 9 heteroatoms. The summed E-state index contributed by atoms with van der Waals surface area (Å²) in [7, 11) is -0.131. The molecule has 0 aliphatic rings. The summed E-state index contributed by atoms with van der Waals surface area (Å²) in [6.45, 7) is 2.64. The minimum absolute atomic E-state index is 0.0314. The molecule has 3 rings (SSSR count). The number of rotatable bonds is 10. The van der Waals surface area contributed by atoms with Crippen molar-refractivity contribution in [2.24, 2.45) is 0 Å². The molecule has 0 fully saturated rings. The number of carbonyl (C=O) groups is 1. The predicted octanol–water partition coefficient (Wildman–Crippen LogP) is 4.06. The molecule has 0 aromatic heterocycles. The summed E-state index contributed by atoms with van der Waals surface area (Å²) in [5.74, 6) is -0.0484. The number of amides is 1. The zero-order valence-electron chi connectivity index (χ0n) is 19.3. The molecule has 7 nitrogen and oxygen atoms in total. The van der Waals surface area contributed by atoms with E-state index in [9.17, 15) is 17.6 Å². The standard InChI is InChI=1S/C25H28FN3O4S/c1-4-33-22-12-10-21(11-13-22)28-34(31,32)23-14-8-18(9-15-23)25(30)27-17-24(29(2)3)19-6-5-7-20(26)16-19/h5-16,24,28H,4,17H2,1-3H3,(H,27,30)/t24-/m0/s1. The number of sulfonamides is 1. The van der Waals surface area contributed by atoms with E-state index in [1.165, 1.54) is 36.4 Å². The summed E-state index contributed by atoms with van der Waals surface area (Å²) in [4.78, 5) is 14.5. The van der Waals surface area contributed by atoms with Crippen molar-refractivity contribution in [3.8, 4) is 5.75 Å². The fourth-order valence-electron chi connectivity index (χ4n) is 3.39. The van der Waals surface area contributed by atoms with Gasteiger partial charge in [-0.25, -0.2) is 12.8 Å². The molecular formula is C25H28FN3O4S. The van der Waals surface area contributed by atoms with Crippen LogP contribution in [0.5, 0.6) is 5.75 Å². The number of benzene rings is 3. The minimum atomic E-state index is -3.82. The van der Waals surface area contributed by atoms with Gasteiger partial charge >= 0.3 is 0 Å². The highest BCUT2D eigenvalue weighted by Crippen LogP contribution is 2.21. The molecule has 1 atom stereocenters. The first-order valence-corrected chi connectivity index (χ1v) is 12.2. The molecule has 0 saturated carbocycles. The van der Waals surface area contributed by atoms with Crippen LogP contribution in [0.4, 0.5) is 10.1 Å². The monoisotopic (exact) mass is 485 g/mol. The van der Waals surface area contributed by atoms with Crippen LogP contribution in [-0.2, 0) is 10.0 Å². The molecule has 3 aromatic carbocycles. The Morgan fingerprint density at radius 1 is 1.03 bits per heavy atom. The van der Waals surface area contributed by atoms with Gasteiger partial charge in [-0.2, -0.15) is 0 Å². The number of nitrogens with zero attached hydrogens (tertiary/aromatic N) is 1. The number of halogens is 1. The van der Waals surface area contributed by atoms with E-state index in [1.807, 2.05) is 25.9 Å². The molecule has 0 saturated heterocycles. The number of hydrogen-bond donors (Lipinski definition) is 2. The lowest BCUT2D eigenvalue weighted by Gasteiger charge is -2.25. The van der Waals surface area contributed by atoms with Gasteiger partial charge in [0.2, 0.25) is 0 Å². The van der Waals surface area contributed by atoms with Gasteiger partial charge in [0.15, 0.2) is 0 Å². The van der Waals surface area contributed by atoms with Crippen LogP contribution in [0.25, 0.3) is 0 Å². The summed E-state index contributed by atoms with van der Waals surface area (Å²) < 4.78 is 46.8. The van der Waals surface area contributed by atoms with E-state index < -0.39 is 10.0 Å². The van der Waals surface area contributed by atoms with E-state index >= 15 is 0 Å². The highest BCUT2D eigenvalue weighted by atomic mass is 32.2. The lowest BCUT2D eigenvalue weighted by molar-refractivity contribution is 0.0942. The van der Waals surface area contributed by atoms with Crippen LogP contribution in [0.15, 0.2) is 77.7 Å². The van der Waals surface area contributed by atoms with Gasteiger partial charge < -0.3 is 15.0 Å². The Labute approximate surface area is 199 Å². The SMILES string of the molecule is CCOc1ccc(NS(=O)(=O)c2ccc(C(=O)NC[C@@H](c3cccc(F)c3)N(C)C)cc2)cc1. The smallest absolute Gasteiger partial charge is 0.261 e. The van der Waals surface area contributed by atoms with Crippen molar-refractivity contribution in [3.05, 3.63) is 89.7 Å². The molecule has 180 valence electrons. The molecule has 34 heavy (non-hydrogen) atoms. The van der Waals surface area contributed by atoms with Gasteiger partial charge in [-0.05, 0) is 87.2 Å². The highest BCUT2D eigenvalue weighted by Gasteiger charge is 2.18. The summed E-state index contributed by atoms with van der Waals surface area (Å²) >= 11 is 0. The molecule has 1 amide bonds. The average Bonchev–Trinajstić information content (AvgIpc) is 2.80. The first kappa shape index (κ1) is 25.2. The van der Waals surface area contributed by atoms with Crippen molar-refractivity contribution in [2.45, 2.75) is 17.9 Å². The van der Waals surface area contributed by atoms with Gasteiger partial charge in [0.25, 0.3) is 15.9 Å². The van der Waals surface area contributed by atoms with Crippen LogP contribution in [-0.4, -0.2) is 46.5 Å². The summed E-state index contributed by atoms with van der Waals surface area (Å²) in [5, 5.41) is 2.83. The van der Waals surface area contributed by atoms with Crippen molar-refractivity contribution < 1.29 is 22.3 Å². The molecule has 0 aliphatic heterocycles. The molecule has 2 N–H and O–H groups in total. The Bertz CT molecular complexity index is 1210. The molecule has 0 heterocycles. The topological polar surface area (TPSA) is 87.7 Å². The Kier molecular flexibility index (Phi) is 8.25. The molecule has 0 unspecified atom stereocenters. The number of anilines is 1. The van der Waals surface area contributed by atoms with E-state index in [1.54, 1.807) is 36.4 Å². The maximum Gasteiger partial charge on any atom is 0.261 e. The van der Waals surface area contributed by atoms with Crippen LogP contribution in [0, 0.1) is 5.82 Å². The Balaban J connectivity index is 1.65. The third-order valence-corrected chi connectivity index (χ3v) is 6.55. The average molecular weight is 486 g/mol. The van der Waals surface area contributed by atoms with Gasteiger partial charge in [-0.15, -0.1) is 0 Å². The molecule has 0 aliphatic carbocycles. The quantitative estimate of drug-likeness (QED) is 0.452. The van der Waals surface area contributed by atoms with Crippen molar-refractivity contribution in [2.75, 3.05) is 32.0 Å². The molecular weight excluding hydrogens is 457 g/mol. The zero-order chi connectivity index (χ0) is 24.7. The van der Waals surface area contributed by atoms with Crippen LogP contribution in [0.1, 0.15) is 28.9 Å². The van der Waals surface area contributed by atoms with E-state index in [-0.39, 0.29) is 29.2 Å². The summed E-state index contributed by atoms with van der Waals surface area (Å²) in [6, 6.07) is 18.3. The van der Waals surface area contributed by atoms with Gasteiger partial charge in [-0.3, -0.25) is 9.52 Å². The Hall–Kier alpha value is -3.43. The first-order chi connectivity index (χ1) is 16.2. The number of nitrogens with one attached hydrogen (secondary N) is 2. The molecule has 3 aromatic rings. The number of hydrogen-bond acceptors (Lipinski definition) is 5. The Morgan fingerprint density at radius 3 is 2.29 bits per heavy atom. The fraction of sp³-hybridized carbons (Fsp3) is 0.240. The largest absolute Gasteiger partial charge is 0.494 e. The van der Waals surface area contributed by atoms with Gasteiger partial charge in [0.1, 0.15) is 11.6 Å². The van der Waals surface area contributed by atoms with Crippen LogP contribution >= 0.6 is 0 Å². The van der Waals surface area contributed by atoms with E-state index in [0.29, 0.717) is 23.6 Å². The van der Waals surface area contributed by atoms with Crippen LogP contribution in [0.2, 0.25) is 0 Å². The fourth-order valence-corrected chi connectivity index (χ4v) is 4.45. The lowest BCUT2D eigenvalue weighted by Crippen LogP contribution is -2.34. The van der Waals surface area contributed by atoms with E-state index in [2.05, 4.69) is 10.0 Å². The number of ether oxygens (including phenoxy) is 1. The number of carbonyl (C=O) groups excluding carboxylic acids is 1. The van der Waals surface area contributed by atoms with E-state index in [4.69, 9.17) is 4.74 Å². The first-order valence-electron chi connectivity index (χ1n) is 10.8. The zero-order valence-corrected chi connectivity index (χ0v) is 20.1. The van der Waals surface area contributed by atoms with Crippen LogP contribution < -0.4 is 14.8 Å². The van der Waals surface area contributed by atoms with Gasteiger partial charge in [-0.1, -0.05) is 12.1 Å². The maximum absolute atomic E-state index is 13.6. The maximum atomic E-state index is 13.6. The summed E-state index contributed by atoms with van der Waals surface area (Å²) in [6.07, 6.45) is 0. The third-order valence-electron chi connectivity index (χ3n) is 5.16. The highest BCUT2D eigenvalue weighted by molar-refractivity contribution is 7.92. The van der Waals surface area contributed by atoms with Gasteiger partial charge in [0, 0.05) is 17.8 Å². The summed E-state index contributed by atoms with van der Waals surface area (Å²) in [5.41, 5.74) is 1.46. The second-order valence-electron chi connectivity index (χ2n) is 7.83. The molecule has 0 bridgehead atoms. The second kappa shape index (κ2) is 11.1. The Morgan fingerprint density at radius 2 is 1.71 bits per heavy atom. The molecule has 0 radical (unpaired) electrons. The predicted molar refractivity (Wildman–Crippen MR) is 130 cm³/mol. The number of likely N-dealkylation sites (N-methyl/N-ethyl adjacent to an activating group) is 1. The second-order valence-corrected chi connectivity index (χ2v) is 9.51. The minimum Gasteiger partial charge on any atom is -0.494 e. The third kappa shape index (κ3) is 6.55. The van der Waals surface area contributed by atoms with E-state index in [0.717, 1.165) is 5.56 Å². The van der Waals surface area contributed by atoms with Crippen molar-refractivity contribution in [1.29, 1.82) is 0 Å².